The number of aliphatic hydroxyl groups excluding tert-OH is 1. The minimum absolute atomic E-state index is 0.00143. The maximum atomic E-state index is 12.3. The van der Waals surface area contributed by atoms with E-state index in [1.165, 1.54) is 18.2 Å². The molecule has 0 radical (unpaired) electrons. The van der Waals surface area contributed by atoms with Gasteiger partial charge < -0.3 is 15.2 Å². The number of carbonyl (C=O) groups is 1. The number of para-hydroxylation sites is 1. The summed E-state index contributed by atoms with van der Waals surface area (Å²) >= 11 is 0. The predicted octanol–water partition coefficient (Wildman–Crippen LogP) is 3.15. The minimum Gasteiger partial charge on any atom is -0.434 e. The summed E-state index contributed by atoms with van der Waals surface area (Å²) in [6.45, 7) is -2.48. The van der Waals surface area contributed by atoms with E-state index >= 15 is 0 Å². The molecule has 1 amide bonds. The van der Waals surface area contributed by atoms with E-state index in [9.17, 15) is 13.6 Å². The van der Waals surface area contributed by atoms with Crippen molar-refractivity contribution in [3.63, 3.8) is 0 Å². The highest BCUT2D eigenvalue weighted by molar-refractivity contribution is 5.92. The highest BCUT2D eigenvalue weighted by atomic mass is 19.3. The van der Waals surface area contributed by atoms with Crippen molar-refractivity contribution in [2.45, 2.75) is 19.6 Å². The topological polar surface area (TPSA) is 58.6 Å². The van der Waals surface area contributed by atoms with Crippen LogP contribution in [0.4, 0.5) is 8.78 Å². The summed E-state index contributed by atoms with van der Waals surface area (Å²) in [5.74, 6) is -0.302. The highest BCUT2D eigenvalue weighted by Gasteiger charge is 2.07. The second-order valence-corrected chi connectivity index (χ2v) is 5.27. The summed E-state index contributed by atoms with van der Waals surface area (Å²) in [6, 6.07) is 13.7. The maximum Gasteiger partial charge on any atom is 0.387 e. The number of nitrogens with one attached hydrogen (secondary N) is 1. The first-order chi connectivity index (χ1) is 12.1. The minimum atomic E-state index is -2.92. The smallest absolute Gasteiger partial charge is 0.387 e. The molecule has 25 heavy (non-hydrogen) atoms. The van der Waals surface area contributed by atoms with E-state index in [2.05, 4.69) is 10.1 Å². The third kappa shape index (κ3) is 6.35. The Hall–Kier alpha value is -2.73. The molecule has 0 aromatic heterocycles. The number of aliphatic hydroxyl groups is 1. The Bertz CT molecular complexity index is 715. The van der Waals surface area contributed by atoms with Gasteiger partial charge in [0.2, 0.25) is 5.91 Å². The van der Waals surface area contributed by atoms with Gasteiger partial charge in [0.15, 0.2) is 0 Å². The Labute approximate surface area is 144 Å². The first-order valence-electron chi connectivity index (χ1n) is 7.77. The Balaban J connectivity index is 1.84. The lowest BCUT2D eigenvalue weighted by atomic mass is 10.1. The van der Waals surface area contributed by atoms with Crippen molar-refractivity contribution in [1.82, 2.24) is 5.32 Å². The lowest BCUT2D eigenvalue weighted by molar-refractivity contribution is -0.116. The molecule has 0 unspecified atom stereocenters. The number of amides is 1. The zero-order valence-electron chi connectivity index (χ0n) is 13.5. The molecule has 2 aromatic carbocycles. The van der Waals surface area contributed by atoms with Crippen molar-refractivity contribution in [1.29, 1.82) is 0 Å². The molecule has 0 spiro atoms. The molecular weight excluding hydrogens is 328 g/mol. The van der Waals surface area contributed by atoms with Gasteiger partial charge in [0.1, 0.15) is 5.75 Å². The molecule has 0 fully saturated rings. The average Bonchev–Trinajstić information content (AvgIpc) is 2.61. The van der Waals surface area contributed by atoms with Crippen LogP contribution in [0.3, 0.4) is 0 Å². The van der Waals surface area contributed by atoms with Gasteiger partial charge in [0.25, 0.3) is 0 Å². The van der Waals surface area contributed by atoms with Gasteiger partial charge in [-0.3, -0.25) is 4.79 Å². The van der Waals surface area contributed by atoms with E-state index in [-0.39, 0.29) is 18.3 Å². The van der Waals surface area contributed by atoms with E-state index in [4.69, 9.17) is 5.11 Å². The molecule has 2 rings (SSSR count). The van der Waals surface area contributed by atoms with Crippen LogP contribution in [0.1, 0.15) is 16.7 Å². The highest BCUT2D eigenvalue weighted by Crippen LogP contribution is 2.21. The van der Waals surface area contributed by atoms with Crippen molar-refractivity contribution in [2.75, 3.05) is 6.54 Å². The van der Waals surface area contributed by atoms with Gasteiger partial charge in [0, 0.05) is 18.2 Å². The quantitative estimate of drug-likeness (QED) is 0.721. The van der Waals surface area contributed by atoms with E-state index in [1.807, 2.05) is 24.3 Å². The summed E-state index contributed by atoms with van der Waals surface area (Å²) in [5, 5.41) is 11.7. The Morgan fingerprint density at radius 1 is 1.12 bits per heavy atom. The number of halogens is 2. The van der Waals surface area contributed by atoms with Crippen molar-refractivity contribution in [3.8, 4) is 5.75 Å². The van der Waals surface area contributed by atoms with Crippen molar-refractivity contribution in [3.05, 3.63) is 71.3 Å². The second-order valence-electron chi connectivity index (χ2n) is 5.27. The first-order valence-corrected chi connectivity index (χ1v) is 7.77. The summed E-state index contributed by atoms with van der Waals surface area (Å²) < 4.78 is 29.1. The van der Waals surface area contributed by atoms with Gasteiger partial charge in [-0.2, -0.15) is 8.78 Å². The zero-order valence-corrected chi connectivity index (χ0v) is 13.5. The molecule has 0 aliphatic heterocycles. The molecule has 6 heteroatoms. The van der Waals surface area contributed by atoms with E-state index in [1.54, 1.807) is 18.2 Å². The van der Waals surface area contributed by atoms with Crippen LogP contribution in [0, 0.1) is 0 Å². The number of ether oxygens (including phenoxy) is 1. The lowest BCUT2D eigenvalue weighted by Gasteiger charge is -2.07. The summed E-state index contributed by atoms with van der Waals surface area (Å²) in [6.07, 6.45) is 3.36. The summed E-state index contributed by atoms with van der Waals surface area (Å²) in [5.41, 5.74) is 2.27. The average molecular weight is 347 g/mol. The molecule has 2 N–H and O–H groups in total. The fraction of sp³-hybridized carbons (Fsp3) is 0.211. The van der Waals surface area contributed by atoms with Crippen LogP contribution in [0.15, 0.2) is 54.6 Å². The molecular formula is C19H19F2NO3. The van der Waals surface area contributed by atoms with Crippen LogP contribution in [0.2, 0.25) is 0 Å². The fourth-order valence-corrected chi connectivity index (χ4v) is 2.19. The van der Waals surface area contributed by atoms with Gasteiger partial charge in [-0.05, 0) is 29.7 Å². The number of hydrogen-bond acceptors (Lipinski definition) is 3. The molecule has 2 aromatic rings. The molecule has 0 saturated heterocycles. The van der Waals surface area contributed by atoms with Crippen LogP contribution in [-0.2, 0) is 17.8 Å². The van der Waals surface area contributed by atoms with E-state index < -0.39 is 6.61 Å². The number of carbonyl (C=O) groups excluding carboxylic acids is 1. The van der Waals surface area contributed by atoms with E-state index in [0.29, 0.717) is 18.5 Å². The van der Waals surface area contributed by atoms with Gasteiger partial charge in [-0.25, -0.2) is 0 Å². The Morgan fingerprint density at radius 3 is 2.48 bits per heavy atom. The van der Waals surface area contributed by atoms with Crippen molar-refractivity contribution >= 4 is 12.0 Å². The molecule has 0 aliphatic rings. The van der Waals surface area contributed by atoms with Crippen LogP contribution in [-0.4, -0.2) is 24.2 Å². The molecule has 0 aliphatic carbocycles. The standard InChI is InChI=1S/C19H19F2NO3/c20-19(21)25-17-4-2-1-3-16(17)9-10-18(24)22-12-11-14-5-7-15(13-23)8-6-14/h1-10,19,23H,11-13H2,(H,22,24)/b10-9+. The molecule has 0 heterocycles. The van der Waals surface area contributed by atoms with Gasteiger partial charge in [-0.1, -0.05) is 42.5 Å². The van der Waals surface area contributed by atoms with Gasteiger partial charge in [0.05, 0.1) is 6.61 Å². The maximum absolute atomic E-state index is 12.3. The van der Waals surface area contributed by atoms with Crippen LogP contribution in [0.5, 0.6) is 5.75 Å². The molecule has 0 saturated carbocycles. The Kier molecular flexibility index (Phi) is 7.10. The van der Waals surface area contributed by atoms with E-state index in [0.717, 1.165) is 11.1 Å². The number of rotatable bonds is 8. The zero-order chi connectivity index (χ0) is 18.1. The summed E-state index contributed by atoms with van der Waals surface area (Å²) in [7, 11) is 0. The van der Waals surface area contributed by atoms with Crippen molar-refractivity contribution in [2.24, 2.45) is 0 Å². The number of alkyl halides is 2. The SMILES string of the molecule is O=C(/C=C/c1ccccc1OC(F)F)NCCc1ccc(CO)cc1. The normalized spacial score (nSPS) is 11.0. The van der Waals surface area contributed by atoms with Crippen molar-refractivity contribution < 1.29 is 23.4 Å². The third-order valence-electron chi connectivity index (χ3n) is 3.47. The molecule has 4 nitrogen and oxygen atoms in total. The third-order valence-corrected chi connectivity index (χ3v) is 3.47. The molecule has 0 atom stereocenters. The van der Waals surface area contributed by atoms with Crippen LogP contribution >= 0.6 is 0 Å². The van der Waals surface area contributed by atoms with Gasteiger partial charge in [-0.15, -0.1) is 0 Å². The monoisotopic (exact) mass is 347 g/mol. The number of hydrogen-bond donors (Lipinski definition) is 2. The predicted molar refractivity (Wildman–Crippen MR) is 91.2 cm³/mol. The van der Waals surface area contributed by atoms with Gasteiger partial charge >= 0.3 is 6.61 Å². The fourth-order valence-electron chi connectivity index (χ4n) is 2.19. The first kappa shape index (κ1) is 18.6. The summed E-state index contributed by atoms with van der Waals surface area (Å²) in [4.78, 5) is 11.8. The Morgan fingerprint density at radius 2 is 1.80 bits per heavy atom. The molecule has 0 bridgehead atoms. The number of benzene rings is 2. The largest absolute Gasteiger partial charge is 0.434 e. The molecule has 132 valence electrons. The van der Waals surface area contributed by atoms with Crippen LogP contribution < -0.4 is 10.1 Å². The second kappa shape index (κ2) is 9.54. The van der Waals surface area contributed by atoms with Crippen LogP contribution in [0.25, 0.3) is 6.08 Å². The lowest BCUT2D eigenvalue weighted by Crippen LogP contribution is -2.23.